The van der Waals surface area contributed by atoms with Crippen LogP contribution in [0.2, 0.25) is 0 Å². The second-order valence-corrected chi connectivity index (χ2v) is 5.32. The largest absolute Gasteiger partial charge is 0.369 e. The predicted octanol–water partition coefficient (Wildman–Crippen LogP) is 3.35. The Morgan fingerprint density at radius 3 is 3.25 bits per heavy atom. The van der Waals surface area contributed by atoms with E-state index in [0.717, 1.165) is 18.6 Å². The number of piperidine rings is 1. The average molecular weight is 231 g/mol. The number of fused-ring (bicyclic) bond motifs is 1. The zero-order chi connectivity index (χ0) is 11.0. The first-order chi connectivity index (χ1) is 7.84. The van der Waals surface area contributed by atoms with E-state index in [1.54, 1.807) is 11.3 Å². The minimum atomic E-state index is 0.558. The molecule has 0 N–H and O–H groups in total. The normalized spacial score (nSPS) is 21.6. The molecule has 0 unspecified atom stereocenters. The van der Waals surface area contributed by atoms with Crippen molar-refractivity contribution in [3.63, 3.8) is 0 Å². The summed E-state index contributed by atoms with van der Waals surface area (Å²) in [6, 6.07) is 6.45. The second-order valence-electron chi connectivity index (χ2n) is 4.43. The zero-order valence-electron chi connectivity index (χ0n) is 9.22. The summed E-state index contributed by atoms with van der Waals surface area (Å²) in [6.45, 7) is 6.39. The van der Waals surface area contributed by atoms with E-state index in [2.05, 4.69) is 35.0 Å². The molecule has 0 saturated carbocycles. The summed E-state index contributed by atoms with van der Waals surface area (Å²) in [5, 5.41) is 0. The summed E-state index contributed by atoms with van der Waals surface area (Å²) in [5.74, 6) is 0.558. The van der Waals surface area contributed by atoms with Crippen molar-refractivity contribution in [3.05, 3.63) is 30.6 Å². The van der Waals surface area contributed by atoms with Crippen LogP contribution < -0.4 is 4.90 Å². The van der Waals surface area contributed by atoms with E-state index in [4.69, 9.17) is 0 Å². The van der Waals surface area contributed by atoms with E-state index in [1.165, 1.54) is 23.2 Å². The van der Waals surface area contributed by atoms with Crippen LogP contribution in [-0.2, 0) is 0 Å². The lowest BCUT2D eigenvalue weighted by Crippen LogP contribution is -2.34. The SMILES string of the molecule is [CH2][C@@H]1CCCN(c2cccc3scnc23)C1. The number of hydrogen-bond donors (Lipinski definition) is 0. The van der Waals surface area contributed by atoms with Gasteiger partial charge in [-0.25, -0.2) is 4.98 Å². The Hall–Kier alpha value is -1.09. The Kier molecular flexibility index (Phi) is 2.56. The molecule has 3 heteroatoms. The van der Waals surface area contributed by atoms with Crippen molar-refractivity contribution < 1.29 is 0 Å². The number of thiazole rings is 1. The van der Waals surface area contributed by atoms with E-state index in [9.17, 15) is 0 Å². The van der Waals surface area contributed by atoms with Gasteiger partial charge in [0.2, 0.25) is 0 Å². The maximum Gasteiger partial charge on any atom is 0.104 e. The Bertz CT molecular complexity index is 491. The molecule has 16 heavy (non-hydrogen) atoms. The van der Waals surface area contributed by atoms with Gasteiger partial charge in [-0.2, -0.15) is 0 Å². The van der Waals surface area contributed by atoms with Crippen molar-refractivity contribution >= 4 is 27.2 Å². The molecule has 1 atom stereocenters. The number of benzene rings is 1. The third kappa shape index (κ3) is 1.69. The van der Waals surface area contributed by atoms with Gasteiger partial charge in [0.25, 0.3) is 0 Å². The highest BCUT2D eigenvalue weighted by Gasteiger charge is 2.18. The molecule has 1 fully saturated rings. The van der Waals surface area contributed by atoms with Gasteiger partial charge in [-0.15, -0.1) is 11.3 Å². The van der Waals surface area contributed by atoms with Gasteiger partial charge >= 0.3 is 0 Å². The number of hydrogen-bond acceptors (Lipinski definition) is 3. The van der Waals surface area contributed by atoms with Crippen LogP contribution in [0.1, 0.15) is 12.8 Å². The standard InChI is InChI=1S/C13H15N2S/c1-10-4-3-7-15(8-10)11-5-2-6-12-13(11)14-9-16-12/h2,5-6,9-10H,1,3-4,7-8H2/t10-/m1/s1. The smallest absolute Gasteiger partial charge is 0.104 e. The Morgan fingerprint density at radius 2 is 2.38 bits per heavy atom. The van der Waals surface area contributed by atoms with Crippen molar-refractivity contribution in [1.82, 2.24) is 4.98 Å². The van der Waals surface area contributed by atoms with Gasteiger partial charge in [0.15, 0.2) is 0 Å². The van der Waals surface area contributed by atoms with Gasteiger partial charge in [0.1, 0.15) is 5.52 Å². The molecule has 1 aromatic heterocycles. The highest BCUT2D eigenvalue weighted by molar-refractivity contribution is 7.16. The molecule has 1 aliphatic rings. The molecule has 1 radical (unpaired) electrons. The van der Waals surface area contributed by atoms with Crippen LogP contribution in [0.3, 0.4) is 0 Å². The van der Waals surface area contributed by atoms with E-state index in [-0.39, 0.29) is 0 Å². The topological polar surface area (TPSA) is 16.1 Å². The zero-order valence-corrected chi connectivity index (χ0v) is 10.0. The van der Waals surface area contributed by atoms with Crippen LogP contribution in [0.5, 0.6) is 0 Å². The molecule has 2 nitrogen and oxygen atoms in total. The molecular formula is C13H15N2S. The number of rotatable bonds is 1. The molecule has 0 aliphatic carbocycles. The van der Waals surface area contributed by atoms with Crippen LogP contribution in [-0.4, -0.2) is 18.1 Å². The summed E-state index contributed by atoms with van der Waals surface area (Å²) >= 11 is 1.71. The second kappa shape index (κ2) is 4.06. The number of aromatic nitrogens is 1. The van der Waals surface area contributed by atoms with E-state index >= 15 is 0 Å². The quantitative estimate of drug-likeness (QED) is 0.748. The highest BCUT2D eigenvalue weighted by Crippen LogP contribution is 2.30. The van der Waals surface area contributed by atoms with Gasteiger partial charge < -0.3 is 4.90 Å². The number of nitrogens with zero attached hydrogens (tertiary/aromatic N) is 2. The van der Waals surface area contributed by atoms with E-state index < -0.39 is 0 Å². The lowest BCUT2D eigenvalue weighted by molar-refractivity contribution is 0.483. The maximum absolute atomic E-state index is 4.48. The third-order valence-electron chi connectivity index (χ3n) is 3.20. The molecule has 3 rings (SSSR count). The molecule has 1 aliphatic heterocycles. The molecule has 1 saturated heterocycles. The predicted molar refractivity (Wildman–Crippen MR) is 69.9 cm³/mol. The minimum Gasteiger partial charge on any atom is -0.369 e. The Labute approximate surface area is 99.9 Å². The van der Waals surface area contributed by atoms with Crippen LogP contribution in [0, 0.1) is 12.8 Å². The van der Waals surface area contributed by atoms with Crippen LogP contribution in [0.4, 0.5) is 5.69 Å². The monoisotopic (exact) mass is 231 g/mol. The van der Waals surface area contributed by atoms with E-state index in [1.807, 2.05) is 5.51 Å². The van der Waals surface area contributed by atoms with Gasteiger partial charge in [0.05, 0.1) is 15.9 Å². The minimum absolute atomic E-state index is 0.558. The molecule has 0 bridgehead atoms. The molecule has 2 aromatic rings. The fourth-order valence-corrected chi connectivity index (χ4v) is 3.11. The van der Waals surface area contributed by atoms with Crippen molar-refractivity contribution in [2.45, 2.75) is 12.8 Å². The molecule has 0 spiro atoms. The lowest BCUT2D eigenvalue weighted by atomic mass is 9.99. The first-order valence-electron chi connectivity index (χ1n) is 5.75. The number of anilines is 1. The van der Waals surface area contributed by atoms with Crippen molar-refractivity contribution in [3.8, 4) is 0 Å². The van der Waals surface area contributed by atoms with Gasteiger partial charge in [-0.3, -0.25) is 0 Å². The Morgan fingerprint density at radius 1 is 1.44 bits per heavy atom. The summed E-state index contributed by atoms with van der Waals surface area (Å²) < 4.78 is 1.28. The van der Waals surface area contributed by atoms with Crippen LogP contribution in [0.15, 0.2) is 23.7 Å². The lowest BCUT2D eigenvalue weighted by Gasteiger charge is -2.32. The van der Waals surface area contributed by atoms with Gasteiger partial charge in [-0.05, 0) is 37.8 Å². The molecule has 2 heterocycles. The Balaban J connectivity index is 2.01. The first-order valence-corrected chi connectivity index (χ1v) is 6.63. The van der Waals surface area contributed by atoms with Gasteiger partial charge in [0, 0.05) is 13.1 Å². The fraction of sp³-hybridized carbons (Fsp3) is 0.385. The number of para-hydroxylation sites is 1. The van der Waals surface area contributed by atoms with E-state index in [0.29, 0.717) is 5.92 Å². The molecule has 0 amide bonds. The van der Waals surface area contributed by atoms with Crippen molar-refractivity contribution in [1.29, 1.82) is 0 Å². The van der Waals surface area contributed by atoms with Crippen molar-refractivity contribution in [2.75, 3.05) is 18.0 Å². The van der Waals surface area contributed by atoms with Crippen molar-refractivity contribution in [2.24, 2.45) is 5.92 Å². The molecule has 83 valence electrons. The summed E-state index contributed by atoms with van der Waals surface area (Å²) in [4.78, 5) is 6.91. The van der Waals surface area contributed by atoms with Crippen LogP contribution in [0.25, 0.3) is 10.2 Å². The first kappa shape index (κ1) is 10.1. The highest BCUT2D eigenvalue weighted by atomic mass is 32.1. The van der Waals surface area contributed by atoms with Crippen LogP contribution >= 0.6 is 11.3 Å². The summed E-state index contributed by atoms with van der Waals surface area (Å²) in [6.07, 6.45) is 2.50. The fourth-order valence-electron chi connectivity index (χ4n) is 2.41. The summed E-state index contributed by atoms with van der Waals surface area (Å²) in [5.41, 5.74) is 4.37. The summed E-state index contributed by atoms with van der Waals surface area (Å²) in [7, 11) is 0. The third-order valence-corrected chi connectivity index (χ3v) is 3.99. The average Bonchev–Trinajstić information content (AvgIpc) is 2.76. The maximum atomic E-state index is 4.48. The molecular weight excluding hydrogens is 216 g/mol. The van der Waals surface area contributed by atoms with Gasteiger partial charge in [-0.1, -0.05) is 6.07 Å². The molecule has 1 aromatic carbocycles.